The number of hydrogen-bond acceptors (Lipinski definition) is 2. The van der Waals surface area contributed by atoms with Crippen LogP contribution in [0.2, 0.25) is 0 Å². The molecule has 1 atom stereocenters. The number of hydrogen-bond donors (Lipinski definition) is 0. The summed E-state index contributed by atoms with van der Waals surface area (Å²) >= 11 is 1.66. The zero-order valence-electron chi connectivity index (χ0n) is 11.1. The summed E-state index contributed by atoms with van der Waals surface area (Å²) < 4.78 is 0. The Balaban J connectivity index is 2.16. The van der Waals surface area contributed by atoms with Crippen LogP contribution in [-0.2, 0) is 0 Å². The first-order valence-electron chi connectivity index (χ1n) is 6.02. The molecule has 0 fully saturated rings. The van der Waals surface area contributed by atoms with E-state index in [-0.39, 0.29) is 6.04 Å². The standard InChI is InChI=1S/C17H15NS/c1-18(2)17(11-9-16-12-13-19-14-16)10-8-15-6-4-3-5-7-15/h3-7,12-14,17H,1-2H3. The van der Waals surface area contributed by atoms with Crippen LogP contribution in [-0.4, -0.2) is 25.0 Å². The fraction of sp³-hybridized carbons (Fsp3) is 0.176. The molecule has 19 heavy (non-hydrogen) atoms. The number of rotatable bonds is 1. The largest absolute Gasteiger partial charge is 0.286 e. The maximum atomic E-state index is 3.20. The van der Waals surface area contributed by atoms with Gasteiger partial charge in [-0.3, -0.25) is 4.90 Å². The molecular formula is C17H15NS. The van der Waals surface area contributed by atoms with Gasteiger partial charge < -0.3 is 0 Å². The second-order valence-electron chi connectivity index (χ2n) is 4.28. The molecular weight excluding hydrogens is 250 g/mol. The van der Waals surface area contributed by atoms with Crippen LogP contribution in [0.4, 0.5) is 0 Å². The Morgan fingerprint density at radius 1 is 0.947 bits per heavy atom. The van der Waals surface area contributed by atoms with Crippen LogP contribution in [0.5, 0.6) is 0 Å². The highest BCUT2D eigenvalue weighted by Crippen LogP contribution is 2.04. The molecule has 1 nitrogen and oxygen atoms in total. The molecule has 0 spiro atoms. The molecule has 94 valence electrons. The third kappa shape index (κ3) is 4.30. The molecule has 0 saturated heterocycles. The molecule has 0 aliphatic heterocycles. The van der Waals surface area contributed by atoms with Crippen molar-refractivity contribution in [1.29, 1.82) is 0 Å². The van der Waals surface area contributed by atoms with E-state index in [0.29, 0.717) is 0 Å². The van der Waals surface area contributed by atoms with Gasteiger partial charge in [-0.15, -0.1) is 0 Å². The Morgan fingerprint density at radius 3 is 2.21 bits per heavy atom. The zero-order valence-corrected chi connectivity index (χ0v) is 11.9. The highest BCUT2D eigenvalue weighted by atomic mass is 32.1. The molecule has 2 rings (SSSR count). The van der Waals surface area contributed by atoms with Crippen LogP contribution >= 0.6 is 11.3 Å². The van der Waals surface area contributed by atoms with Gasteiger partial charge in [-0.25, -0.2) is 0 Å². The summed E-state index contributed by atoms with van der Waals surface area (Å²) in [6.45, 7) is 0. The van der Waals surface area contributed by atoms with Crippen molar-refractivity contribution in [2.75, 3.05) is 14.1 Å². The van der Waals surface area contributed by atoms with Gasteiger partial charge in [-0.2, -0.15) is 11.3 Å². The molecule has 0 amide bonds. The third-order valence-electron chi connectivity index (χ3n) is 2.52. The minimum atomic E-state index is -0.0555. The Kier molecular flexibility index (Phi) is 4.81. The third-order valence-corrected chi connectivity index (χ3v) is 3.20. The Bertz CT molecular complexity index is 619. The maximum absolute atomic E-state index is 3.20. The first kappa shape index (κ1) is 13.4. The van der Waals surface area contributed by atoms with E-state index >= 15 is 0 Å². The van der Waals surface area contributed by atoms with E-state index in [9.17, 15) is 0 Å². The predicted octanol–water partition coefficient (Wildman–Crippen LogP) is 3.08. The predicted molar refractivity (Wildman–Crippen MR) is 82.0 cm³/mol. The Labute approximate surface area is 118 Å². The molecule has 1 heterocycles. The van der Waals surface area contributed by atoms with Crippen molar-refractivity contribution in [1.82, 2.24) is 4.90 Å². The van der Waals surface area contributed by atoms with Gasteiger partial charge in [-0.1, -0.05) is 41.9 Å². The molecule has 2 aromatic rings. The van der Waals surface area contributed by atoms with E-state index in [1.807, 2.05) is 66.2 Å². The van der Waals surface area contributed by atoms with Gasteiger partial charge in [0.2, 0.25) is 0 Å². The van der Waals surface area contributed by atoms with Crippen LogP contribution in [0.25, 0.3) is 0 Å². The first-order valence-corrected chi connectivity index (χ1v) is 6.97. The lowest BCUT2D eigenvalue weighted by atomic mass is 10.2. The normalized spacial score (nSPS) is 11.1. The van der Waals surface area contributed by atoms with Gasteiger partial charge in [0.25, 0.3) is 0 Å². The summed E-state index contributed by atoms with van der Waals surface area (Å²) in [5.74, 6) is 12.7. The molecule has 1 unspecified atom stereocenters. The lowest BCUT2D eigenvalue weighted by molar-refractivity contribution is 0.409. The van der Waals surface area contributed by atoms with Crippen LogP contribution in [0, 0.1) is 23.7 Å². The van der Waals surface area contributed by atoms with Crippen molar-refractivity contribution >= 4 is 11.3 Å². The quantitative estimate of drug-likeness (QED) is 0.716. The van der Waals surface area contributed by atoms with E-state index in [0.717, 1.165) is 11.1 Å². The summed E-state index contributed by atoms with van der Waals surface area (Å²) in [7, 11) is 3.99. The van der Waals surface area contributed by atoms with Gasteiger partial charge in [-0.05, 0) is 37.7 Å². The summed E-state index contributed by atoms with van der Waals surface area (Å²) in [4.78, 5) is 2.02. The highest BCUT2D eigenvalue weighted by molar-refractivity contribution is 7.08. The number of nitrogens with zero attached hydrogens (tertiary/aromatic N) is 1. The highest BCUT2D eigenvalue weighted by Gasteiger charge is 2.02. The molecule has 0 N–H and O–H groups in total. The lowest BCUT2D eigenvalue weighted by Crippen LogP contribution is -2.24. The van der Waals surface area contributed by atoms with Crippen molar-refractivity contribution in [3.63, 3.8) is 0 Å². The van der Waals surface area contributed by atoms with E-state index in [4.69, 9.17) is 0 Å². The van der Waals surface area contributed by atoms with E-state index in [1.165, 1.54) is 0 Å². The second kappa shape index (κ2) is 6.81. The van der Waals surface area contributed by atoms with Gasteiger partial charge in [0, 0.05) is 16.5 Å². The summed E-state index contributed by atoms with van der Waals surface area (Å²) in [6, 6.07) is 12.0. The van der Waals surface area contributed by atoms with Gasteiger partial charge in [0.05, 0.1) is 0 Å². The monoisotopic (exact) mass is 265 g/mol. The van der Waals surface area contributed by atoms with E-state index < -0.39 is 0 Å². The van der Waals surface area contributed by atoms with E-state index in [1.54, 1.807) is 11.3 Å². The minimum absolute atomic E-state index is 0.0555. The number of thiophene rings is 1. The fourth-order valence-electron chi connectivity index (χ4n) is 1.45. The molecule has 0 bridgehead atoms. The van der Waals surface area contributed by atoms with Crippen LogP contribution in [0.3, 0.4) is 0 Å². The minimum Gasteiger partial charge on any atom is -0.286 e. The Morgan fingerprint density at radius 2 is 1.63 bits per heavy atom. The summed E-state index contributed by atoms with van der Waals surface area (Å²) in [6.07, 6.45) is 0. The smallest absolute Gasteiger partial charge is 0.134 e. The molecule has 0 saturated carbocycles. The van der Waals surface area contributed by atoms with Crippen molar-refractivity contribution in [3.05, 3.63) is 58.3 Å². The van der Waals surface area contributed by atoms with Crippen molar-refractivity contribution in [2.45, 2.75) is 6.04 Å². The molecule has 0 aliphatic rings. The van der Waals surface area contributed by atoms with Gasteiger partial charge >= 0.3 is 0 Å². The Hall–Kier alpha value is -2.00. The van der Waals surface area contributed by atoms with Crippen LogP contribution in [0.15, 0.2) is 47.2 Å². The maximum Gasteiger partial charge on any atom is 0.134 e. The van der Waals surface area contributed by atoms with Crippen molar-refractivity contribution in [3.8, 4) is 23.7 Å². The molecule has 1 aromatic heterocycles. The SMILES string of the molecule is CN(C)C(C#Cc1ccccc1)C#Cc1ccsc1. The second-order valence-corrected chi connectivity index (χ2v) is 5.06. The van der Waals surface area contributed by atoms with Gasteiger partial charge in [0.15, 0.2) is 0 Å². The van der Waals surface area contributed by atoms with Crippen molar-refractivity contribution < 1.29 is 0 Å². The van der Waals surface area contributed by atoms with E-state index in [2.05, 4.69) is 23.7 Å². The molecule has 0 radical (unpaired) electrons. The topological polar surface area (TPSA) is 3.24 Å². The summed E-state index contributed by atoms with van der Waals surface area (Å²) in [5, 5.41) is 4.08. The first-order chi connectivity index (χ1) is 9.25. The summed E-state index contributed by atoms with van der Waals surface area (Å²) in [5.41, 5.74) is 2.07. The average Bonchev–Trinajstić information content (AvgIpc) is 2.92. The molecule has 0 aliphatic carbocycles. The van der Waals surface area contributed by atoms with Gasteiger partial charge in [0.1, 0.15) is 6.04 Å². The van der Waals surface area contributed by atoms with Crippen LogP contribution in [0.1, 0.15) is 11.1 Å². The zero-order chi connectivity index (χ0) is 13.5. The average molecular weight is 265 g/mol. The van der Waals surface area contributed by atoms with Crippen LogP contribution < -0.4 is 0 Å². The molecule has 1 aromatic carbocycles. The fourth-order valence-corrected chi connectivity index (χ4v) is 2.04. The van der Waals surface area contributed by atoms with Crippen molar-refractivity contribution in [2.24, 2.45) is 0 Å². The lowest BCUT2D eigenvalue weighted by Gasteiger charge is -2.11. The molecule has 2 heteroatoms. The number of benzene rings is 1.